The zero-order valence-corrected chi connectivity index (χ0v) is 19.5. The van der Waals surface area contributed by atoms with E-state index in [-0.39, 0.29) is 12.2 Å². The number of hydrazine groups is 1. The number of methoxy groups -OCH3 is 1. The molecular weight excluding hydrogens is 450 g/mol. The summed E-state index contributed by atoms with van der Waals surface area (Å²) in [5.74, 6) is -6.69. The standard InChI is InChI=1S/C22H29N3O9/c1-6-33-20(30)15-13(16(19(28)29)23-21(31)34-22(2,3)4)14(15)18(27)25-24-17(26)11-8-7-9-12(10-11)32-5/h7-10,13-16H,6H2,1-5H3,(H,23,31)(H,24,26)(H,25,27)(H,28,29). The molecule has 1 fully saturated rings. The molecule has 0 aliphatic heterocycles. The van der Waals surface area contributed by atoms with Crippen LogP contribution >= 0.6 is 0 Å². The molecule has 0 aromatic heterocycles. The lowest BCUT2D eigenvalue weighted by molar-refractivity contribution is -0.146. The first-order chi connectivity index (χ1) is 15.9. The number of carboxylic acids is 1. The van der Waals surface area contributed by atoms with Crippen molar-refractivity contribution in [2.24, 2.45) is 17.8 Å². The van der Waals surface area contributed by atoms with E-state index in [0.29, 0.717) is 5.75 Å². The summed E-state index contributed by atoms with van der Waals surface area (Å²) in [4.78, 5) is 61.4. The molecule has 186 valence electrons. The Labute approximate surface area is 196 Å². The second kappa shape index (κ2) is 10.9. The van der Waals surface area contributed by atoms with Crippen LogP contribution in [0.1, 0.15) is 38.1 Å². The lowest BCUT2D eigenvalue weighted by Gasteiger charge is -2.22. The molecule has 34 heavy (non-hydrogen) atoms. The van der Waals surface area contributed by atoms with Crippen molar-refractivity contribution in [1.29, 1.82) is 0 Å². The number of esters is 1. The number of amides is 3. The van der Waals surface area contributed by atoms with E-state index in [2.05, 4.69) is 16.2 Å². The van der Waals surface area contributed by atoms with Gasteiger partial charge in [-0.2, -0.15) is 0 Å². The Morgan fingerprint density at radius 3 is 2.32 bits per heavy atom. The topological polar surface area (TPSA) is 169 Å². The fraction of sp³-hybridized carbons (Fsp3) is 0.500. The second-order valence-electron chi connectivity index (χ2n) is 8.52. The second-order valence-corrected chi connectivity index (χ2v) is 8.52. The minimum atomic E-state index is -1.60. The molecule has 2 rings (SSSR count). The van der Waals surface area contributed by atoms with Crippen LogP contribution in [0.25, 0.3) is 0 Å². The molecule has 12 nitrogen and oxygen atoms in total. The third-order valence-electron chi connectivity index (χ3n) is 4.89. The molecule has 0 saturated heterocycles. The summed E-state index contributed by atoms with van der Waals surface area (Å²) in [6.45, 7) is 6.37. The van der Waals surface area contributed by atoms with Crippen molar-refractivity contribution in [2.45, 2.75) is 39.3 Å². The number of hydrogen-bond donors (Lipinski definition) is 4. The van der Waals surface area contributed by atoms with E-state index >= 15 is 0 Å². The summed E-state index contributed by atoms with van der Waals surface area (Å²) in [5, 5.41) is 11.8. The van der Waals surface area contributed by atoms with Gasteiger partial charge in [-0.1, -0.05) is 6.07 Å². The quantitative estimate of drug-likeness (QED) is 0.312. The monoisotopic (exact) mass is 479 g/mol. The summed E-state index contributed by atoms with van der Waals surface area (Å²) in [6.07, 6.45) is -1.01. The van der Waals surface area contributed by atoms with Crippen molar-refractivity contribution in [3.05, 3.63) is 29.8 Å². The van der Waals surface area contributed by atoms with Gasteiger partial charge in [-0.3, -0.25) is 25.2 Å². The number of aliphatic carboxylic acids is 1. The van der Waals surface area contributed by atoms with E-state index in [1.165, 1.54) is 19.2 Å². The molecule has 12 heteroatoms. The van der Waals surface area contributed by atoms with Crippen LogP contribution in [0.15, 0.2) is 24.3 Å². The highest BCUT2D eigenvalue weighted by molar-refractivity contribution is 5.98. The van der Waals surface area contributed by atoms with Crippen molar-refractivity contribution in [3.8, 4) is 5.75 Å². The molecule has 0 bridgehead atoms. The summed E-state index contributed by atoms with van der Waals surface area (Å²) in [6, 6.07) is 4.57. The van der Waals surface area contributed by atoms with Crippen LogP contribution in [0.5, 0.6) is 5.75 Å². The van der Waals surface area contributed by atoms with Gasteiger partial charge in [0.05, 0.1) is 25.6 Å². The number of hydrogen-bond acceptors (Lipinski definition) is 8. The summed E-state index contributed by atoms with van der Waals surface area (Å²) < 4.78 is 15.1. The molecule has 1 aromatic rings. The first-order valence-electron chi connectivity index (χ1n) is 10.5. The lowest BCUT2D eigenvalue weighted by Crippen LogP contribution is -2.47. The molecule has 4 atom stereocenters. The van der Waals surface area contributed by atoms with Crippen LogP contribution in [0.3, 0.4) is 0 Å². The largest absolute Gasteiger partial charge is 0.497 e. The number of ether oxygens (including phenoxy) is 3. The number of alkyl carbamates (subject to hydrolysis) is 1. The van der Waals surface area contributed by atoms with Crippen LogP contribution < -0.4 is 20.9 Å². The van der Waals surface area contributed by atoms with Gasteiger partial charge in [-0.25, -0.2) is 9.59 Å². The SMILES string of the molecule is CCOC(=O)C1C(C(=O)NNC(=O)c2cccc(OC)c2)C1C(NC(=O)OC(C)(C)C)C(=O)O. The third kappa shape index (κ3) is 6.83. The van der Waals surface area contributed by atoms with Gasteiger partial charge < -0.3 is 24.6 Å². The number of carbonyl (C=O) groups is 5. The van der Waals surface area contributed by atoms with E-state index in [9.17, 15) is 29.1 Å². The molecule has 0 spiro atoms. The molecule has 4 N–H and O–H groups in total. The van der Waals surface area contributed by atoms with Gasteiger partial charge in [0.25, 0.3) is 5.91 Å². The minimum absolute atomic E-state index is 0.0141. The molecule has 1 aliphatic rings. The van der Waals surface area contributed by atoms with Crippen molar-refractivity contribution in [2.75, 3.05) is 13.7 Å². The van der Waals surface area contributed by atoms with Gasteiger partial charge in [0.2, 0.25) is 5.91 Å². The normalized spacial score (nSPS) is 19.7. The number of benzene rings is 1. The van der Waals surface area contributed by atoms with Gasteiger partial charge in [0.15, 0.2) is 0 Å². The van der Waals surface area contributed by atoms with E-state index < -0.39 is 59.2 Å². The van der Waals surface area contributed by atoms with E-state index in [1.807, 2.05) is 0 Å². The lowest BCUT2D eigenvalue weighted by atomic mass is 10.1. The van der Waals surface area contributed by atoms with Crippen molar-refractivity contribution in [3.63, 3.8) is 0 Å². The van der Waals surface area contributed by atoms with Crippen LogP contribution in [-0.4, -0.2) is 60.3 Å². The molecule has 1 aliphatic carbocycles. The van der Waals surface area contributed by atoms with Crippen LogP contribution in [0.2, 0.25) is 0 Å². The average molecular weight is 479 g/mol. The number of carboxylic acid groups (broad SMARTS) is 1. The van der Waals surface area contributed by atoms with E-state index in [0.717, 1.165) is 0 Å². The van der Waals surface area contributed by atoms with Crippen molar-refractivity contribution >= 4 is 29.8 Å². The third-order valence-corrected chi connectivity index (χ3v) is 4.89. The zero-order chi connectivity index (χ0) is 25.6. The van der Waals surface area contributed by atoms with E-state index in [1.54, 1.807) is 39.8 Å². The number of nitrogens with one attached hydrogen (secondary N) is 3. The molecule has 1 aromatic carbocycles. The fourth-order valence-electron chi connectivity index (χ4n) is 3.42. The summed E-state index contributed by atoms with van der Waals surface area (Å²) in [5.41, 5.74) is 3.72. The Morgan fingerprint density at radius 2 is 1.76 bits per heavy atom. The Kier molecular flexibility index (Phi) is 8.44. The molecular formula is C22H29N3O9. The van der Waals surface area contributed by atoms with Gasteiger partial charge >= 0.3 is 18.0 Å². The van der Waals surface area contributed by atoms with E-state index in [4.69, 9.17) is 14.2 Å². The maximum Gasteiger partial charge on any atom is 0.408 e. The van der Waals surface area contributed by atoms with Crippen LogP contribution in [-0.2, 0) is 23.9 Å². The Morgan fingerprint density at radius 1 is 1.09 bits per heavy atom. The number of rotatable bonds is 8. The average Bonchev–Trinajstić information content (AvgIpc) is 3.49. The van der Waals surface area contributed by atoms with Crippen LogP contribution in [0, 0.1) is 17.8 Å². The van der Waals surface area contributed by atoms with Gasteiger partial charge in [0.1, 0.15) is 17.4 Å². The van der Waals surface area contributed by atoms with Gasteiger partial charge in [0, 0.05) is 11.5 Å². The minimum Gasteiger partial charge on any atom is -0.497 e. The molecule has 1 saturated carbocycles. The highest BCUT2D eigenvalue weighted by atomic mass is 16.6. The first-order valence-corrected chi connectivity index (χ1v) is 10.5. The fourth-order valence-corrected chi connectivity index (χ4v) is 3.42. The summed E-state index contributed by atoms with van der Waals surface area (Å²) >= 11 is 0. The highest BCUT2D eigenvalue weighted by Crippen LogP contribution is 2.49. The van der Waals surface area contributed by atoms with Gasteiger partial charge in [-0.15, -0.1) is 0 Å². The zero-order valence-electron chi connectivity index (χ0n) is 19.5. The molecule has 3 amide bonds. The predicted molar refractivity (Wildman–Crippen MR) is 116 cm³/mol. The highest BCUT2D eigenvalue weighted by Gasteiger charge is 2.65. The Bertz CT molecular complexity index is 957. The smallest absolute Gasteiger partial charge is 0.408 e. The molecule has 0 heterocycles. The maximum absolute atomic E-state index is 12.7. The molecule has 4 unspecified atom stereocenters. The Balaban J connectivity index is 2.13. The van der Waals surface area contributed by atoms with Gasteiger partial charge in [-0.05, 0) is 45.9 Å². The van der Waals surface area contributed by atoms with Crippen LogP contribution in [0.4, 0.5) is 4.79 Å². The van der Waals surface area contributed by atoms with Crippen molar-refractivity contribution in [1.82, 2.24) is 16.2 Å². The van der Waals surface area contributed by atoms with Crippen molar-refractivity contribution < 1.29 is 43.3 Å². The molecule has 0 radical (unpaired) electrons. The maximum atomic E-state index is 12.7. The first kappa shape index (κ1) is 26.4. The predicted octanol–water partition coefficient (Wildman–Crippen LogP) is 0.859. The Hall–Kier alpha value is -3.83. The summed E-state index contributed by atoms with van der Waals surface area (Å²) in [7, 11) is 1.44. The number of carbonyl (C=O) groups excluding carboxylic acids is 4.